The summed E-state index contributed by atoms with van der Waals surface area (Å²) in [6, 6.07) is 5.40. The van der Waals surface area contributed by atoms with Crippen molar-refractivity contribution in [3.63, 3.8) is 0 Å². The number of para-hydroxylation sites is 1. The van der Waals surface area contributed by atoms with E-state index in [4.69, 9.17) is 5.11 Å². The van der Waals surface area contributed by atoms with Crippen molar-refractivity contribution in [3.05, 3.63) is 39.9 Å². The lowest BCUT2D eigenvalue weighted by Crippen LogP contribution is -2.38. The highest BCUT2D eigenvalue weighted by Crippen LogP contribution is 2.17. The number of nitro benzene ring substituents is 1. The van der Waals surface area contributed by atoms with Crippen LogP contribution >= 0.6 is 0 Å². The first-order chi connectivity index (χ1) is 8.97. The maximum atomic E-state index is 11.7. The van der Waals surface area contributed by atoms with Gasteiger partial charge in [0.25, 0.3) is 11.6 Å². The number of methoxy groups -OCH3 is 1. The molecule has 102 valence electrons. The topological polar surface area (TPSA) is 119 Å². The number of carboxylic acid groups (broad SMARTS) is 1. The Morgan fingerprint density at radius 3 is 2.63 bits per heavy atom. The number of nitrogens with zero attached hydrogens (tertiary/aromatic N) is 1. The standard InChI is InChI=1S/C11H12N2O6/c1-19-9(11(15)16)6-12-10(14)7-4-2-3-5-8(7)13(17)18/h2-5,9H,6H2,1H3,(H,12,14)(H,15,16). The fourth-order valence-corrected chi connectivity index (χ4v) is 1.38. The fraction of sp³-hybridized carbons (Fsp3) is 0.273. The van der Waals surface area contributed by atoms with E-state index >= 15 is 0 Å². The van der Waals surface area contributed by atoms with E-state index in [1.807, 2.05) is 0 Å². The molecule has 1 atom stereocenters. The average molecular weight is 268 g/mol. The van der Waals surface area contributed by atoms with Crippen LogP contribution in [0, 0.1) is 10.1 Å². The molecule has 0 radical (unpaired) electrons. The summed E-state index contributed by atoms with van der Waals surface area (Å²) >= 11 is 0. The number of amides is 1. The highest BCUT2D eigenvalue weighted by Gasteiger charge is 2.22. The van der Waals surface area contributed by atoms with Crippen LogP contribution in [0.1, 0.15) is 10.4 Å². The summed E-state index contributed by atoms with van der Waals surface area (Å²) in [7, 11) is 1.19. The molecule has 0 fully saturated rings. The molecule has 0 saturated carbocycles. The molecule has 1 amide bonds. The Labute approximate surface area is 108 Å². The van der Waals surface area contributed by atoms with Crippen molar-refractivity contribution in [3.8, 4) is 0 Å². The molecule has 0 aliphatic heterocycles. The van der Waals surface area contributed by atoms with Crippen LogP contribution in [-0.2, 0) is 9.53 Å². The van der Waals surface area contributed by atoms with Gasteiger partial charge < -0.3 is 15.2 Å². The van der Waals surface area contributed by atoms with Gasteiger partial charge >= 0.3 is 5.97 Å². The Hall–Kier alpha value is -2.48. The van der Waals surface area contributed by atoms with Gasteiger partial charge in [0, 0.05) is 13.2 Å². The Bertz CT molecular complexity index is 502. The molecule has 0 aliphatic carbocycles. The van der Waals surface area contributed by atoms with Crippen molar-refractivity contribution in [2.24, 2.45) is 0 Å². The second kappa shape index (κ2) is 6.45. The van der Waals surface area contributed by atoms with Crippen LogP contribution in [0.2, 0.25) is 0 Å². The number of hydrogen-bond acceptors (Lipinski definition) is 5. The Morgan fingerprint density at radius 1 is 1.47 bits per heavy atom. The first kappa shape index (κ1) is 14.6. The molecule has 1 aromatic rings. The molecule has 2 N–H and O–H groups in total. The van der Waals surface area contributed by atoms with Crippen molar-refractivity contribution in [1.82, 2.24) is 5.32 Å². The van der Waals surface area contributed by atoms with Gasteiger partial charge in [-0.25, -0.2) is 4.79 Å². The average Bonchev–Trinajstić information content (AvgIpc) is 2.38. The molecule has 0 saturated heterocycles. The van der Waals surface area contributed by atoms with Gasteiger partial charge in [0.2, 0.25) is 0 Å². The minimum atomic E-state index is -1.23. The molecule has 1 unspecified atom stereocenters. The Morgan fingerprint density at radius 2 is 2.11 bits per heavy atom. The fourth-order valence-electron chi connectivity index (χ4n) is 1.38. The molecule has 0 spiro atoms. The first-order valence-electron chi connectivity index (χ1n) is 5.24. The molecule has 8 nitrogen and oxygen atoms in total. The van der Waals surface area contributed by atoms with Gasteiger partial charge in [-0.05, 0) is 6.07 Å². The smallest absolute Gasteiger partial charge is 0.334 e. The van der Waals surface area contributed by atoms with E-state index in [1.165, 1.54) is 31.4 Å². The molecule has 0 bridgehead atoms. The monoisotopic (exact) mass is 268 g/mol. The third-order valence-corrected chi connectivity index (χ3v) is 2.35. The van der Waals surface area contributed by atoms with Crippen molar-refractivity contribution >= 4 is 17.6 Å². The van der Waals surface area contributed by atoms with Crippen LogP contribution < -0.4 is 5.32 Å². The summed E-state index contributed by atoms with van der Waals surface area (Å²) in [5.41, 5.74) is -0.475. The number of carboxylic acids is 1. The zero-order chi connectivity index (χ0) is 14.4. The summed E-state index contributed by atoms with van der Waals surface area (Å²) in [5.74, 6) is -1.96. The van der Waals surface area contributed by atoms with Crippen molar-refractivity contribution in [2.75, 3.05) is 13.7 Å². The van der Waals surface area contributed by atoms with Gasteiger partial charge in [0.05, 0.1) is 11.5 Å². The second-order valence-electron chi connectivity index (χ2n) is 3.55. The third-order valence-electron chi connectivity index (χ3n) is 2.35. The lowest BCUT2D eigenvalue weighted by atomic mass is 10.1. The zero-order valence-electron chi connectivity index (χ0n) is 10.0. The molecule has 19 heavy (non-hydrogen) atoms. The summed E-state index contributed by atoms with van der Waals surface area (Å²) in [6.07, 6.45) is -1.20. The predicted octanol–water partition coefficient (Wildman–Crippen LogP) is 0.424. The number of rotatable bonds is 6. The van der Waals surface area contributed by atoms with E-state index in [9.17, 15) is 19.7 Å². The molecule has 0 heterocycles. The lowest BCUT2D eigenvalue weighted by Gasteiger charge is -2.11. The van der Waals surface area contributed by atoms with Crippen LogP contribution in [0.3, 0.4) is 0 Å². The van der Waals surface area contributed by atoms with Crippen molar-refractivity contribution in [2.45, 2.75) is 6.10 Å². The minimum Gasteiger partial charge on any atom is -0.479 e. The summed E-state index contributed by atoms with van der Waals surface area (Å²) < 4.78 is 4.63. The van der Waals surface area contributed by atoms with Crippen LogP contribution in [0.5, 0.6) is 0 Å². The second-order valence-corrected chi connectivity index (χ2v) is 3.55. The van der Waals surface area contributed by atoms with E-state index in [2.05, 4.69) is 10.1 Å². The SMILES string of the molecule is COC(CNC(=O)c1ccccc1[N+](=O)[O-])C(=O)O. The number of nitro groups is 1. The van der Waals surface area contributed by atoms with Crippen LogP contribution in [-0.4, -0.2) is 41.7 Å². The highest BCUT2D eigenvalue weighted by atomic mass is 16.6. The predicted molar refractivity (Wildman–Crippen MR) is 63.9 cm³/mol. The summed E-state index contributed by atoms with van der Waals surface area (Å²) in [6.45, 7) is -0.281. The molecular formula is C11H12N2O6. The number of carbonyl (C=O) groups is 2. The molecular weight excluding hydrogens is 256 g/mol. The number of hydrogen-bond donors (Lipinski definition) is 2. The van der Waals surface area contributed by atoms with Gasteiger partial charge in [-0.1, -0.05) is 12.1 Å². The molecule has 1 aromatic carbocycles. The number of nitrogens with one attached hydrogen (secondary N) is 1. The van der Waals surface area contributed by atoms with Crippen LogP contribution in [0.15, 0.2) is 24.3 Å². The number of aliphatic carboxylic acids is 1. The van der Waals surface area contributed by atoms with E-state index in [-0.39, 0.29) is 17.8 Å². The molecule has 1 rings (SSSR count). The number of benzene rings is 1. The normalized spacial score (nSPS) is 11.6. The van der Waals surface area contributed by atoms with Gasteiger partial charge in [0.15, 0.2) is 6.10 Å². The molecule has 0 aliphatic rings. The van der Waals surface area contributed by atoms with Crippen LogP contribution in [0.4, 0.5) is 5.69 Å². The van der Waals surface area contributed by atoms with Crippen molar-refractivity contribution in [1.29, 1.82) is 0 Å². The highest BCUT2D eigenvalue weighted by molar-refractivity contribution is 5.98. The first-order valence-corrected chi connectivity index (χ1v) is 5.24. The van der Waals surface area contributed by atoms with Gasteiger partial charge in [-0.3, -0.25) is 14.9 Å². The minimum absolute atomic E-state index is 0.132. The van der Waals surface area contributed by atoms with E-state index in [1.54, 1.807) is 0 Å². The zero-order valence-corrected chi connectivity index (χ0v) is 10.0. The Kier molecular flexibility index (Phi) is 4.95. The Balaban J connectivity index is 2.79. The van der Waals surface area contributed by atoms with Gasteiger partial charge in [-0.2, -0.15) is 0 Å². The summed E-state index contributed by atoms with van der Waals surface area (Å²) in [5, 5.41) is 21.7. The summed E-state index contributed by atoms with van der Waals surface area (Å²) in [4.78, 5) is 32.5. The lowest BCUT2D eigenvalue weighted by molar-refractivity contribution is -0.385. The van der Waals surface area contributed by atoms with E-state index < -0.39 is 22.9 Å². The van der Waals surface area contributed by atoms with Crippen molar-refractivity contribution < 1.29 is 24.4 Å². The van der Waals surface area contributed by atoms with Crippen LogP contribution in [0.25, 0.3) is 0 Å². The molecule has 8 heteroatoms. The third kappa shape index (κ3) is 3.75. The van der Waals surface area contributed by atoms with Gasteiger partial charge in [0.1, 0.15) is 5.56 Å². The number of carbonyl (C=O) groups excluding carboxylic acids is 1. The van der Waals surface area contributed by atoms with E-state index in [0.717, 1.165) is 0 Å². The number of ether oxygens (including phenoxy) is 1. The van der Waals surface area contributed by atoms with Gasteiger partial charge in [-0.15, -0.1) is 0 Å². The van der Waals surface area contributed by atoms with E-state index in [0.29, 0.717) is 0 Å². The maximum absolute atomic E-state index is 11.7. The quantitative estimate of drug-likeness (QED) is 0.570. The maximum Gasteiger partial charge on any atom is 0.334 e. The largest absolute Gasteiger partial charge is 0.479 e. The molecule has 0 aromatic heterocycles.